The van der Waals surface area contributed by atoms with E-state index in [1.54, 1.807) is 0 Å². The lowest BCUT2D eigenvalue weighted by molar-refractivity contribution is -0.145. The molecule has 1 aromatic rings. The third kappa shape index (κ3) is 2.68. The summed E-state index contributed by atoms with van der Waals surface area (Å²) in [5, 5.41) is 19.7. The van der Waals surface area contributed by atoms with E-state index in [0.29, 0.717) is 12.8 Å². The molecule has 18 heavy (non-hydrogen) atoms. The lowest BCUT2D eigenvalue weighted by Crippen LogP contribution is -2.29. The van der Waals surface area contributed by atoms with Crippen LogP contribution in [-0.4, -0.2) is 16.2 Å². The summed E-state index contributed by atoms with van der Waals surface area (Å²) in [6.45, 7) is 1.97. The van der Waals surface area contributed by atoms with Crippen LogP contribution in [0.25, 0.3) is 0 Å². The normalized spacial score (nSPS) is 25.1. The molecule has 0 radical (unpaired) electrons. The van der Waals surface area contributed by atoms with Gasteiger partial charge >= 0.3 is 5.97 Å². The van der Waals surface area contributed by atoms with Crippen LogP contribution in [0.2, 0.25) is 0 Å². The number of carbonyl (C=O) groups is 1. The quantitative estimate of drug-likeness (QED) is 0.833. The summed E-state index contributed by atoms with van der Waals surface area (Å²) >= 11 is 4.94. The first-order valence-corrected chi connectivity index (χ1v) is 7.43. The largest absolute Gasteiger partial charge is 0.481 e. The summed E-state index contributed by atoms with van der Waals surface area (Å²) in [4.78, 5) is 13.2. The highest BCUT2D eigenvalue weighted by Crippen LogP contribution is 2.41. The van der Waals surface area contributed by atoms with Crippen molar-refractivity contribution in [3.05, 3.63) is 32.4 Å². The summed E-state index contributed by atoms with van der Waals surface area (Å²) in [5.74, 6) is -1.58. The molecule has 1 aromatic heterocycles. The highest BCUT2D eigenvalue weighted by Gasteiger charge is 2.35. The van der Waals surface area contributed by atoms with Crippen molar-refractivity contribution in [3.8, 4) is 0 Å². The van der Waals surface area contributed by atoms with E-state index in [9.17, 15) is 15.0 Å². The first-order valence-electron chi connectivity index (χ1n) is 5.82. The Bertz CT molecular complexity index is 481. The van der Waals surface area contributed by atoms with E-state index in [1.165, 1.54) is 11.3 Å². The number of rotatable bonds is 3. The SMILES string of the molecule is Cc1cc(Br)c(C(O)C2CC=CCC2C(=O)O)s1. The lowest BCUT2D eigenvalue weighted by atomic mass is 9.79. The van der Waals surface area contributed by atoms with Gasteiger partial charge in [-0.05, 0) is 41.8 Å². The van der Waals surface area contributed by atoms with Gasteiger partial charge < -0.3 is 10.2 Å². The Labute approximate surface area is 118 Å². The fraction of sp³-hybridized carbons (Fsp3) is 0.462. The molecule has 0 aliphatic heterocycles. The van der Waals surface area contributed by atoms with Crippen molar-refractivity contribution in [1.82, 2.24) is 0 Å². The predicted octanol–water partition coefficient (Wildman–Crippen LogP) is 3.52. The molecule has 0 aromatic carbocycles. The third-order valence-corrected chi connectivity index (χ3v) is 5.35. The van der Waals surface area contributed by atoms with Gasteiger partial charge in [-0.1, -0.05) is 12.2 Å². The number of allylic oxidation sites excluding steroid dienone is 2. The molecule has 0 amide bonds. The molecular weight excluding hydrogens is 316 g/mol. The van der Waals surface area contributed by atoms with Gasteiger partial charge in [-0.3, -0.25) is 4.79 Å². The van der Waals surface area contributed by atoms with E-state index in [2.05, 4.69) is 15.9 Å². The average Bonchev–Trinajstić information content (AvgIpc) is 2.67. The van der Waals surface area contributed by atoms with E-state index in [-0.39, 0.29) is 5.92 Å². The van der Waals surface area contributed by atoms with Crippen molar-refractivity contribution in [2.24, 2.45) is 11.8 Å². The van der Waals surface area contributed by atoms with Gasteiger partial charge in [0.05, 0.1) is 12.0 Å². The van der Waals surface area contributed by atoms with Crippen molar-refractivity contribution in [2.45, 2.75) is 25.9 Å². The van der Waals surface area contributed by atoms with Crippen LogP contribution in [0, 0.1) is 18.8 Å². The molecule has 0 saturated heterocycles. The minimum atomic E-state index is -0.826. The number of carboxylic acids is 1. The molecule has 0 spiro atoms. The second-order valence-electron chi connectivity index (χ2n) is 4.57. The Kier molecular flexibility index (Phi) is 4.25. The molecule has 5 heteroatoms. The number of carboxylic acid groups (broad SMARTS) is 1. The first-order chi connectivity index (χ1) is 8.50. The van der Waals surface area contributed by atoms with Gasteiger partial charge in [0.25, 0.3) is 0 Å². The van der Waals surface area contributed by atoms with Crippen molar-refractivity contribution >= 4 is 33.2 Å². The first kappa shape index (κ1) is 13.8. The molecule has 2 rings (SSSR count). The van der Waals surface area contributed by atoms with Gasteiger partial charge in [0.2, 0.25) is 0 Å². The molecule has 1 heterocycles. The minimum Gasteiger partial charge on any atom is -0.481 e. The maximum absolute atomic E-state index is 11.2. The number of aliphatic carboxylic acids is 1. The summed E-state index contributed by atoms with van der Waals surface area (Å²) < 4.78 is 0.871. The van der Waals surface area contributed by atoms with Crippen LogP contribution in [0.3, 0.4) is 0 Å². The zero-order valence-electron chi connectivity index (χ0n) is 9.97. The van der Waals surface area contributed by atoms with E-state index >= 15 is 0 Å². The zero-order chi connectivity index (χ0) is 13.3. The number of aliphatic hydroxyl groups excluding tert-OH is 1. The van der Waals surface area contributed by atoms with Crippen LogP contribution in [0.1, 0.15) is 28.7 Å². The second kappa shape index (κ2) is 5.55. The van der Waals surface area contributed by atoms with Crippen LogP contribution < -0.4 is 0 Å². The van der Waals surface area contributed by atoms with E-state index < -0.39 is 18.0 Å². The number of thiophene rings is 1. The van der Waals surface area contributed by atoms with Crippen LogP contribution in [0.15, 0.2) is 22.7 Å². The Hall–Kier alpha value is -0.650. The fourth-order valence-corrected chi connectivity index (χ4v) is 4.31. The maximum Gasteiger partial charge on any atom is 0.307 e. The van der Waals surface area contributed by atoms with Gasteiger partial charge in [0.15, 0.2) is 0 Å². The third-order valence-electron chi connectivity index (χ3n) is 3.31. The molecule has 98 valence electrons. The molecular formula is C13H15BrO3S. The zero-order valence-corrected chi connectivity index (χ0v) is 12.4. The molecule has 3 nitrogen and oxygen atoms in total. The number of aliphatic hydroxyl groups is 1. The second-order valence-corrected chi connectivity index (χ2v) is 6.71. The van der Waals surface area contributed by atoms with Gasteiger partial charge in [0, 0.05) is 20.1 Å². The maximum atomic E-state index is 11.2. The predicted molar refractivity (Wildman–Crippen MR) is 74.7 cm³/mol. The summed E-state index contributed by atoms with van der Waals surface area (Å²) in [5.41, 5.74) is 0. The molecule has 1 aliphatic carbocycles. The summed E-state index contributed by atoms with van der Waals surface area (Å²) in [6, 6.07) is 1.96. The topological polar surface area (TPSA) is 57.5 Å². The number of aryl methyl sites for hydroxylation is 1. The van der Waals surface area contributed by atoms with Crippen LogP contribution in [0.5, 0.6) is 0 Å². The molecule has 3 unspecified atom stereocenters. The van der Waals surface area contributed by atoms with Crippen LogP contribution in [-0.2, 0) is 4.79 Å². The standard InChI is InChI=1S/C13H15BrO3S/c1-7-6-10(14)12(18-7)11(15)8-4-2-3-5-9(8)13(16)17/h2-3,6,8-9,11,15H,4-5H2,1H3,(H,16,17). The molecule has 0 bridgehead atoms. The molecule has 3 atom stereocenters. The van der Waals surface area contributed by atoms with E-state index in [1.807, 2.05) is 25.1 Å². The number of hydrogen-bond donors (Lipinski definition) is 2. The van der Waals surface area contributed by atoms with Gasteiger partial charge in [-0.15, -0.1) is 11.3 Å². The molecule has 0 saturated carbocycles. The fourth-order valence-electron chi connectivity index (χ4n) is 2.37. The number of halogens is 1. The Morgan fingerprint density at radius 2 is 2.17 bits per heavy atom. The van der Waals surface area contributed by atoms with Crippen LogP contribution in [0.4, 0.5) is 0 Å². The molecule has 0 fully saturated rings. The minimum absolute atomic E-state index is 0.248. The van der Waals surface area contributed by atoms with Crippen molar-refractivity contribution in [2.75, 3.05) is 0 Å². The summed E-state index contributed by atoms with van der Waals surface area (Å²) in [6.07, 6.45) is 4.24. The number of hydrogen-bond acceptors (Lipinski definition) is 3. The van der Waals surface area contributed by atoms with E-state index in [0.717, 1.165) is 14.2 Å². The average molecular weight is 331 g/mol. The van der Waals surface area contributed by atoms with Crippen molar-refractivity contribution < 1.29 is 15.0 Å². The monoisotopic (exact) mass is 330 g/mol. The van der Waals surface area contributed by atoms with Gasteiger partial charge in [-0.25, -0.2) is 0 Å². The van der Waals surface area contributed by atoms with Gasteiger partial charge in [0.1, 0.15) is 0 Å². The Morgan fingerprint density at radius 3 is 2.72 bits per heavy atom. The Balaban J connectivity index is 2.26. The molecule has 1 aliphatic rings. The highest BCUT2D eigenvalue weighted by atomic mass is 79.9. The summed E-state index contributed by atoms with van der Waals surface area (Å²) in [7, 11) is 0. The highest BCUT2D eigenvalue weighted by molar-refractivity contribution is 9.10. The van der Waals surface area contributed by atoms with Crippen molar-refractivity contribution in [3.63, 3.8) is 0 Å². The van der Waals surface area contributed by atoms with Gasteiger partial charge in [-0.2, -0.15) is 0 Å². The van der Waals surface area contributed by atoms with Crippen LogP contribution >= 0.6 is 27.3 Å². The smallest absolute Gasteiger partial charge is 0.307 e. The van der Waals surface area contributed by atoms with Crippen molar-refractivity contribution in [1.29, 1.82) is 0 Å². The lowest BCUT2D eigenvalue weighted by Gasteiger charge is -2.29. The molecule has 2 N–H and O–H groups in total. The van der Waals surface area contributed by atoms with E-state index in [4.69, 9.17) is 0 Å². The Morgan fingerprint density at radius 1 is 1.50 bits per heavy atom.